The number of aromatic nitrogens is 2. The highest BCUT2D eigenvalue weighted by atomic mass is 32.1. The SMILES string of the molecule is Cc1nc(N)nc(NC2(O)CCC(CO)C2O)c1C#CC(=S)NCC(C)C. The van der Waals surface area contributed by atoms with Crippen molar-refractivity contribution >= 4 is 29.0 Å². The molecule has 1 aliphatic rings. The Balaban J connectivity index is 2.29. The minimum atomic E-state index is -1.63. The number of nitrogens with zero attached hydrogens (tertiary/aromatic N) is 2. The number of nitrogens with two attached hydrogens (primary N) is 1. The summed E-state index contributed by atoms with van der Waals surface area (Å²) in [5.74, 6) is 6.04. The molecule has 7 N–H and O–H groups in total. The highest BCUT2D eigenvalue weighted by Gasteiger charge is 2.47. The van der Waals surface area contributed by atoms with E-state index in [0.717, 1.165) is 0 Å². The molecule has 1 aromatic heterocycles. The Morgan fingerprint density at radius 2 is 2.15 bits per heavy atom. The van der Waals surface area contributed by atoms with Gasteiger partial charge in [0.2, 0.25) is 5.95 Å². The molecule has 0 radical (unpaired) electrons. The maximum absolute atomic E-state index is 10.8. The van der Waals surface area contributed by atoms with Crippen molar-refractivity contribution in [3.63, 3.8) is 0 Å². The van der Waals surface area contributed by atoms with E-state index in [0.29, 0.717) is 35.1 Å². The van der Waals surface area contributed by atoms with E-state index in [4.69, 9.17) is 18.0 Å². The van der Waals surface area contributed by atoms with Crippen LogP contribution in [0.25, 0.3) is 0 Å². The van der Waals surface area contributed by atoms with E-state index >= 15 is 0 Å². The Kier molecular flexibility index (Phi) is 6.95. The summed E-state index contributed by atoms with van der Waals surface area (Å²) in [5, 5.41) is 36.3. The molecule has 1 fully saturated rings. The van der Waals surface area contributed by atoms with Crippen molar-refractivity contribution in [1.82, 2.24) is 15.3 Å². The maximum Gasteiger partial charge on any atom is 0.222 e. The van der Waals surface area contributed by atoms with Gasteiger partial charge in [-0.15, -0.1) is 0 Å². The number of hydrogen-bond donors (Lipinski definition) is 6. The summed E-state index contributed by atoms with van der Waals surface area (Å²) in [6.07, 6.45) is -0.414. The number of aryl methyl sites for hydroxylation is 1. The Morgan fingerprint density at radius 3 is 2.74 bits per heavy atom. The van der Waals surface area contributed by atoms with Gasteiger partial charge in [-0.3, -0.25) is 0 Å². The number of rotatable bonds is 5. The first kappa shape index (κ1) is 21.3. The van der Waals surface area contributed by atoms with Gasteiger partial charge in [0.15, 0.2) is 10.7 Å². The Morgan fingerprint density at radius 1 is 1.44 bits per heavy atom. The summed E-state index contributed by atoms with van der Waals surface area (Å²) in [5.41, 5.74) is 5.07. The van der Waals surface area contributed by atoms with Crippen molar-refractivity contribution in [2.45, 2.75) is 45.4 Å². The van der Waals surface area contributed by atoms with E-state index in [1.807, 2.05) is 0 Å². The Bertz CT molecular complexity index is 761. The van der Waals surface area contributed by atoms with Crippen LogP contribution in [0.15, 0.2) is 0 Å². The molecule has 1 aromatic rings. The third-order valence-electron chi connectivity index (χ3n) is 4.48. The normalized spacial score (nSPS) is 24.4. The number of hydrogen-bond acceptors (Lipinski definition) is 8. The number of thiocarbonyl (C=S) groups is 1. The molecule has 0 aliphatic heterocycles. The van der Waals surface area contributed by atoms with Crippen molar-refractivity contribution in [2.24, 2.45) is 11.8 Å². The van der Waals surface area contributed by atoms with E-state index in [1.165, 1.54) is 0 Å². The summed E-state index contributed by atoms with van der Waals surface area (Å²) >= 11 is 5.21. The molecule has 0 saturated heterocycles. The van der Waals surface area contributed by atoms with Crippen molar-refractivity contribution in [2.75, 3.05) is 24.2 Å². The van der Waals surface area contributed by atoms with Gasteiger partial charge in [0.05, 0.1) is 11.3 Å². The second-order valence-corrected chi connectivity index (χ2v) is 7.63. The quantitative estimate of drug-likeness (QED) is 0.235. The molecule has 1 saturated carbocycles. The van der Waals surface area contributed by atoms with E-state index in [2.05, 4.69) is 46.3 Å². The first-order valence-electron chi connectivity index (χ1n) is 8.89. The van der Waals surface area contributed by atoms with Crippen molar-refractivity contribution in [1.29, 1.82) is 0 Å². The molecule has 3 unspecified atom stereocenters. The van der Waals surface area contributed by atoms with Crippen LogP contribution in [0.4, 0.5) is 11.8 Å². The molecule has 0 amide bonds. The number of aliphatic hydroxyl groups excluding tert-OH is 2. The zero-order chi connectivity index (χ0) is 20.2. The molecule has 0 spiro atoms. The zero-order valence-electron chi connectivity index (χ0n) is 15.8. The number of nitrogen functional groups attached to an aromatic ring is 1. The van der Waals surface area contributed by atoms with Gasteiger partial charge < -0.3 is 31.7 Å². The van der Waals surface area contributed by atoms with Crippen LogP contribution in [-0.2, 0) is 0 Å². The van der Waals surface area contributed by atoms with Gasteiger partial charge in [-0.2, -0.15) is 4.98 Å². The van der Waals surface area contributed by atoms with Crippen LogP contribution in [-0.4, -0.2) is 55.3 Å². The van der Waals surface area contributed by atoms with Crippen molar-refractivity contribution in [3.8, 4) is 11.8 Å². The summed E-state index contributed by atoms with van der Waals surface area (Å²) in [7, 11) is 0. The molecular formula is C18H27N5O3S. The van der Waals surface area contributed by atoms with Gasteiger partial charge in [0.25, 0.3) is 0 Å². The third kappa shape index (κ3) is 5.26. The summed E-state index contributed by atoms with van der Waals surface area (Å²) in [4.78, 5) is 8.64. The summed E-state index contributed by atoms with van der Waals surface area (Å²) in [6.45, 7) is 6.36. The van der Waals surface area contributed by atoms with Gasteiger partial charge in [-0.1, -0.05) is 32.0 Å². The van der Waals surface area contributed by atoms with Crippen LogP contribution in [0, 0.1) is 30.6 Å². The van der Waals surface area contributed by atoms with Crippen LogP contribution in [0.5, 0.6) is 0 Å². The zero-order valence-corrected chi connectivity index (χ0v) is 16.6. The average Bonchev–Trinajstić information content (AvgIpc) is 2.86. The van der Waals surface area contributed by atoms with Crippen LogP contribution in [0.3, 0.4) is 0 Å². The second kappa shape index (κ2) is 8.80. The molecule has 1 heterocycles. The van der Waals surface area contributed by atoms with Gasteiger partial charge in [0, 0.05) is 19.1 Å². The van der Waals surface area contributed by atoms with Gasteiger partial charge in [-0.25, -0.2) is 4.98 Å². The largest absolute Gasteiger partial charge is 0.396 e. The first-order chi connectivity index (χ1) is 12.7. The minimum Gasteiger partial charge on any atom is -0.396 e. The highest BCUT2D eigenvalue weighted by Crippen LogP contribution is 2.36. The second-order valence-electron chi connectivity index (χ2n) is 7.22. The molecule has 9 heteroatoms. The van der Waals surface area contributed by atoms with Gasteiger partial charge in [-0.05, 0) is 31.6 Å². The van der Waals surface area contributed by atoms with E-state index < -0.39 is 17.7 Å². The highest BCUT2D eigenvalue weighted by molar-refractivity contribution is 7.80. The molecule has 1 aliphatic carbocycles. The molecule has 2 rings (SSSR count). The monoisotopic (exact) mass is 393 g/mol. The molecule has 0 aromatic carbocycles. The van der Waals surface area contributed by atoms with Gasteiger partial charge in [0.1, 0.15) is 11.9 Å². The minimum absolute atomic E-state index is 0.0239. The van der Waals surface area contributed by atoms with Crippen LogP contribution in [0.2, 0.25) is 0 Å². The lowest BCUT2D eigenvalue weighted by molar-refractivity contribution is -0.0545. The van der Waals surface area contributed by atoms with E-state index in [-0.39, 0.29) is 24.8 Å². The number of nitrogens with one attached hydrogen (secondary N) is 2. The van der Waals surface area contributed by atoms with Gasteiger partial charge >= 0.3 is 0 Å². The average molecular weight is 394 g/mol. The number of aliphatic hydroxyl groups is 3. The topological polar surface area (TPSA) is 137 Å². The third-order valence-corrected chi connectivity index (χ3v) is 4.73. The van der Waals surface area contributed by atoms with Crippen molar-refractivity contribution in [3.05, 3.63) is 11.3 Å². The van der Waals surface area contributed by atoms with Crippen molar-refractivity contribution < 1.29 is 15.3 Å². The van der Waals surface area contributed by atoms with E-state index in [1.54, 1.807) is 6.92 Å². The standard InChI is InChI=1S/C18H27N5O3S/c1-10(2)8-20-14(27)5-4-13-11(3)21-17(19)22-16(13)23-18(26)7-6-12(9-24)15(18)25/h10,12,15,24-26H,6-9H2,1-3H3,(H,20,27)(H3,19,21,22,23). The molecular weight excluding hydrogens is 366 g/mol. The molecule has 3 atom stereocenters. The smallest absolute Gasteiger partial charge is 0.222 e. The lowest BCUT2D eigenvalue weighted by Crippen LogP contribution is -2.48. The fourth-order valence-electron chi connectivity index (χ4n) is 2.93. The maximum atomic E-state index is 10.8. The van der Waals surface area contributed by atoms with E-state index in [9.17, 15) is 15.3 Å². The first-order valence-corrected chi connectivity index (χ1v) is 9.30. The Hall–Kier alpha value is -1.99. The fourth-order valence-corrected chi connectivity index (χ4v) is 3.06. The molecule has 8 nitrogen and oxygen atoms in total. The van der Waals surface area contributed by atoms with Crippen LogP contribution in [0.1, 0.15) is 37.9 Å². The van der Waals surface area contributed by atoms with Crippen LogP contribution >= 0.6 is 12.2 Å². The van der Waals surface area contributed by atoms with Crippen LogP contribution < -0.4 is 16.4 Å². The summed E-state index contributed by atoms with van der Waals surface area (Å²) in [6, 6.07) is 0. The molecule has 148 valence electrons. The molecule has 27 heavy (non-hydrogen) atoms. The molecule has 0 bridgehead atoms. The summed E-state index contributed by atoms with van der Waals surface area (Å²) < 4.78 is 0. The lowest BCUT2D eigenvalue weighted by atomic mass is 10.0. The number of anilines is 2. The fraction of sp³-hybridized carbons (Fsp3) is 0.611. The lowest BCUT2D eigenvalue weighted by Gasteiger charge is -2.30. The predicted octanol–water partition coefficient (Wildman–Crippen LogP) is 0.155. The predicted molar refractivity (Wildman–Crippen MR) is 108 cm³/mol. The Labute approximate surface area is 164 Å².